The van der Waals surface area contributed by atoms with Crippen LogP contribution in [0.2, 0.25) is 0 Å². The second-order valence-electron chi connectivity index (χ2n) is 6.59. The molecule has 0 fully saturated rings. The van der Waals surface area contributed by atoms with Gasteiger partial charge in [-0.1, -0.05) is 0 Å². The van der Waals surface area contributed by atoms with Gasteiger partial charge in [0.2, 0.25) is 5.78 Å². The highest BCUT2D eigenvalue weighted by molar-refractivity contribution is 7.90. The average Bonchev–Trinajstić information content (AvgIpc) is 3.12. The van der Waals surface area contributed by atoms with Crippen LogP contribution in [0.3, 0.4) is 0 Å². The van der Waals surface area contributed by atoms with Crippen LogP contribution in [0.15, 0.2) is 35.2 Å². The molecule has 0 saturated carbocycles. The van der Waals surface area contributed by atoms with Crippen molar-refractivity contribution in [3.63, 3.8) is 0 Å². The van der Waals surface area contributed by atoms with Gasteiger partial charge in [-0.25, -0.2) is 0 Å². The number of aliphatic carboxylic acids is 1. The molecule has 6 nitrogen and oxygen atoms in total. The highest BCUT2D eigenvalue weighted by Crippen LogP contribution is 2.36. The molecular formula is C19H21NO5S. The first-order valence-electron chi connectivity index (χ1n) is 8.40. The van der Waals surface area contributed by atoms with Crippen LogP contribution in [-0.4, -0.2) is 38.3 Å². The number of benzene rings is 1. The van der Waals surface area contributed by atoms with E-state index >= 15 is 0 Å². The summed E-state index contributed by atoms with van der Waals surface area (Å²) in [6.07, 6.45) is 1.97. The Morgan fingerprint density at radius 2 is 1.96 bits per heavy atom. The van der Waals surface area contributed by atoms with E-state index in [0.717, 1.165) is 0 Å². The lowest BCUT2D eigenvalue weighted by atomic mass is 10.1. The molecule has 1 aliphatic rings. The van der Waals surface area contributed by atoms with Crippen molar-refractivity contribution >= 4 is 22.9 Å². The summed E-state index contributed by atoms with van der Waals surface area (Å²) in [5.74, 6) is -1.18. The molecule has 0 aliphatic carbocycles. The number of hydrogen-bond acceptors (Lipinski definition) is 4. The molecule has 138 valence electrons. The van der Waals surface area contributed by atoms with Crippen molar-refractivity contribution in [3.05, 3.63) is 47.3 Å². The van der Waals surface area contributed by atoms with E-state index in [9.17, 15) is 19.2 Å². The number of ether oxygens (including phenoxy) is 1. The number of rotatable bonds is 6. The Hall–Kier alpha value is -2.25. The smallest absolute Gasteiger partial charge is 0.312 e. The highest BCUT2D eigenvalue weighted by Gasteiger charge is 2.37. The van der Waals surface area contributed by atoms with Gasteiger partial charge >= 0.3 is 5.97 Å². The van der Waals surface area contributed by atoms with Crippen LogP contribution in [0.1, 0.15) is 47.9 Å². The molecule has 0 amide bonds. The molecule has 2 heterocycles. The molecule has 1 N–H and O–H groups in total. The van der Waals surface area contributed by atoms with Crippen molar-refractivity contribution in [2.75, 3.05) is 6.26 Å². The minimum absolute atomic E-state index is 0.0347. The third-order valence-corrected chi connectivity index (χ3v) is 5.33. The zero-order chi connectivity index (χ0) is 19.0. The van der Waals surface area contributed by atoms with Crippen LogP contribution < -0.4 is 4.74 Å². The lowest BCUT2D eigenvalue weighted by molar-refractivity contribution is -0.138. The van der Waals surface area contributed by atoms with E-state index in [1.165, 1.54) is 6.26 Å². The number of carboxylic acid groups (broad SMARTS) is 1. The Morgan fingerprint density at radius 3 is 2.50 bits per heavy atom. The number of carbonyl (C=O) groups excluding carboxylic acids is 1. The standard InChI is InChI=1S/C19H21NO5S/c1-11(2)25-13-6-4-12(5-7-13)18(21)17-16(26(3)24)10-15-14(19(22)23)8-9-20(15)17/h4-7,10-11,14H,8-9H2,1-3H3,(H,22,23). The molecule has 1 aromatic carbocycles. The number of carbonyl (C=O) groups is 2. The monoisotopic (exact) mass is 375 g/mol. The van der Waals surface area contributed by atoms with Gasteiger partial charge in [0.25, 0.3) is 0 Å². The first kappa shape index (κ1) is 18.5. The maximum absolute atomic E-state index is 13.1. The quantitative estimate of drug-likeness (QED) is 0.619. The van der Waals surface area contributed by atoms with Crippen molar-refractivity contribution in [1.82, 2.24) is 4.57 Å². The van der Waals surface area contributed by atoms with Gasteiger partial charge in [0, 0.05) is 23.9 Å². The maximum Gasteiger partial charge on any atom is 0.312 e. The summed E-state index contributed by atoms with van der Waals surface area (Å²) in [7, 11) is 0. The molecule has 2 aromatic rings. The Bertz CT molecular complexity index is 838. The summed E-state index contributed by atoms with van der Waals surface area (Å²) in [5, 5.41) is 9.37. The summed E-state index contributed by atoms with van der Waals surface area (Å²) in [6.45, 7) is 4.27. The molecule has 1 aromatic heterocycles. The lowest BCUT2D eigenvalue weighted by Crippen LogP contribution is -2.13. The van der Waals surface area contributed by atoms with E-state index in [-0.39, 0.29) is 11.9 Å². The Morgan fingerprint density at radius 1 is 1.31 bits per heavy atom. The van der Waals surface area contributed by atoms with E-state index in [1.807, 2.05) is 13.8 Å². The van der Waals surface area contributed by atoms with Gasteiger partial charge in [-0.2, -0.15) is 0 Å². The summed E-state index contributed by atoms with van der Waals surface area (Å²) in [5.41, 5.74) is 1.32. The number of nitrogens with zero attached hydrogens (tertiary/aromatic N) is 1. The predicted molar refractivity (Wildman–Crippen MR) is 97.4 cm³/mol. The third kappa shape index (κ3) is 3.37. The first-order valence-corrected chi connectivity index (χ1v) is 9.96. The summed E-state index contributed by atoms with van der Waals surface area (Å²) < 4.78 is 19.4. The molecule has 0 radical (unpaired) electrons. The van der Waals surface area contributed by atoms with Gasteiger partial charge in [0.1, 0.15) is 17.7 Å². The number of ketones is 1. The van der Waals surface area contributed by atoms with E-state index in [4.69, 9.17) is 4.74 Å². The van der Waals surface area contributed by atoms with Crippen LogP contribution in [0.4, 0.5) is 0 Å². The van der Waals surface area contributed by atoms with Crippen molar-refractivity contribution in [2.45, 2.75) is 43.7 Å². The Kier molecular flexibility index (Phi) is 5.11. The van der Waals surface area contributed by atoms with Crippen LogP contribution in [0.25, 0.3) is 0 Å². The van der Waals surface area contributed by atoms with Crippen LogP contribution in [0, 0.1) is 0 Å². The number of hydrogen-bond donors (Lipinski definition) is 1. The van der Waals surface area contributed by atoms with E-state index in [2.05, 4.69) is 0 Å². The van der Waals surface area contributed by atoms with E-state index < -0.39 is 23.1 Å². The van der Waals surface area contributed by atoms with Gasteiger partial charge < -0.3 is 19.0 Å². The van der Waals surface area contributed by atoms with Gasteiger partial charge in [0.05, 0.1) is 12.0 Å². The molecule has 0 spiro atoms. The van der Waals surface area contributed by atoms with E-state index in [0.29, 0.717) is 40.6 Å². The minimum Gasteiger partial charge on any atom is -0.612 e. The summed E-state index contributed by atoms with van der Waals surface area (Å²) in [4.78, 5) is 24.9. The Balaban J connectivity index is 1.99. The van der Waals surface area contributed by atoms with Crippen molar-refractivity contribution in [1.29, 1.82) is 0 Å². The molecule has 7 heteroatoms. The van der Waals surface area contributed by atoms with E-state index in [1.54, 1.807) is 34.9 Å². The fraction of sp³-hybridized carbons (Fsp3) is 0.368. The van der Waals surface area contributed by atoms with Crippen LogP contribution >= 0.6 is 0 Å². The second kappa shape index (κ2) is 7.17. The first-order chi connectivity index (χ1) is 12.3. The average molecular weight is 375 g/mol. The minimum atomic E-state index is -1.39. The van der Waals surface area contributed by atoms with Crippen LogP contribution in [-0.2, 0) is 22.5 Å². The van der Waals surface area contributed by atoms with Crippen molar-refractivity contribution in [3.8, 4) is 5.75 Å². The second-order valence-corrected chi connectivity index (χ2v) is 7.94. The SMILES string of the molecule is CC(C)Oc1ccc(C(=O)c2c([S+](C)[O-])cc3n2CCC3C(=O)O)cc1. The fourth-order valence-electron chi connectivity index (χ4n) is 3.28. The molecular weight excluding hydrogens is 354 g/mol. The van der Waals surface area contributed by atoms with Gasteiger partial charge in [0.15, 0.2) is 4.90 Å². The van der Waals surface area contributed by atoms with Crippen molar-refractivity contribution in [2.24, 2.45) is 0 Å². The molecule has 3 rings (SSSR count). The molecule has 0 bridgehead atoms. The maximum atomic E-state index is 13.1. The molecule has 2 unspecified atom stereocenters. The Labute approximate surface area is 155 Å². The van der Waals surface area contributed by atoms with Gasteiger partial charge in [-0.05, 0) is 55.7 Å². The predicted octanol–water partition coefficient (Wildman–Crippen LogP) is 2.82. The highest BCUT2D eigenvalue weighted by atomic mass is 32.2. The van der Waals surface area contributed by atoms with Gasteiger partial charge in [-0.3, -0.25) is 9.59 Å². The fourth-order valence-corrected chi connectivity index (χ4v) is 4.04. The molecule has 1 aliphatic heterocycles. The largest absolute Gasteiger partial charge is 0.612 e. The lowest BCUT2D eigenvalue weighted by Gasteiger charge is -2.11. The number of fused-ring (bicyclic) bond motifs is 1. The summed E-state index contributed by atoms with van der Waals surface area (Å²) in [6, 6.07) is 8.40. The van der Waals surface area contributed by atoms with Crippen molar-refractivity contribution < 1.29 is 24.0 Å². The third-order valence-electron chi connectivity index (χ3n) is 4.40. The number of carboxylic acids is 1. The zero-order valence-electron chi connectivity index (χ0n) is 14.9. The summed E-state index contributed by atoms with van der Waals surface area (Å²) >= 11 is -1.39. The molecule has 0 saturated heterocycles. The number of aromatic nitrogens is 1. The molecule has 2 atom stereocenters. The topological polar surface area (TPSA) is 91.6 Å². The van der Waals surface area contributed by atoms with Gasteiger partial charge in [-0.15, -0.1) is 0 Å². The molecule has 26 heavy (non-hydrogen) atoms. The van der Waals surface area contributed by atoms with Crippen LogP contribution in [0.5, 0.6) is 5.75 Å². The zero-order valence-corrected chi connectivity index (χ0v) is 15.7. The normalized spacial score (nSPS) is 17.2.